The molecule has 0 aromatic heterocycles. The van der Waals surface area contributed by atoms with Crippen molar-refractivity contribution >= 4 is 17.6 Å². The average molecular weight is 370 g/mol. The van der Waals surface area contributed by atoms with Crippen LogP contribution in [-0.2, 0) is 9.53 Å². The number of anilines is 1. The van der Waals surface area contributed by atoms with Gasteiger partial charge in [-0.1, -0.05) is 31.2 Å². The molecule has 0 atom stereocenters. The number of amides is 1. The van der Waals surface area contributed by atoms with Crippen molar-refractivity contribution in [1.29, 1.82) is 0 Å². The summed E-state index contributed by atoms with van der Waals surface area (Å²) in [5, 5.41) is 9.01. The zero-order valence-corrected chi connectivity index (χ0v) is 16.1. The van der Waals surface area contributed by atoms with Crippen molar-refractivity contribution in [2.45, 2.75) is 44.6 Å². The summed E-state index contributed by atoms with van der Waals surface area (Å²) < 4.78 is 5.90. The van der Waals surface area contributed by atoms with Crippen LogP contribution in [0.15, 0.2) is 29.3 Å². The number of carbonyl (C=O) groups is 1. The van der Waals surface area contributed by atoms with E-state index in [1.807, 2.05) is 12.1 Å². The molecule has 1 aliphatic rings. The van der Waals surface area contributed by atoms with Crippen LogP contribution in [0.25, 0.3) is 0 Å². The van der Waals surface area contributed by atoms with Crippen LogP contribution < -0.4 is 16.0 Å². The smallest absolute Gasteiger partial charge is 0.243 e. The van der Waals surface area contributed by atoms with Crippen molar-refractivity contribution < 1.29 is 9.53 Å². The molecule has 0 heterocycles. The van der Waals surface area contributed by atoms with E-state index < -0.39 is 0 Å². The topological polar surface area (TPSA) is 74.8 Å². The molecule has 1 aliphatic carbocycles. The van der Waals surface area contributed by atoms with E-state index in [2.05, 4.69) is 26.9 Å². The maximum Gasteiger partial charge on any atom is 0.243 e. The van der Waals surface area contributed by atoms with E-state index >= 15 is 0 Å². The van der Waals surface area contributed by atoms with Crippen molar-refractivity contribution in [1.82, 2.24) is 10.6 Å². The van der Waals surface area contributed by atoms with E-state index in [1.54, 1.807) is 19.2 Å². The molecule has 1 fully saturated rings. The Hall–Kier alpha value is -2.52. The summed E-state index contributed by atoms with van der Waals surface area (Å²) in [7, 11) is 1.68. The van der Waals surface area contributed by atoms with Gasteiger partial charge in [-0.15, -0.1) is 6.42 Å². The van der Waals surface area contributed by atoms with Gasteiger partial charge in [0, 0.05) is 31.5 Å². The highest BCUT2D eigenvalue weighted by Crippen LogP contribution is 2.20. The Balaban J connectivity index is 1.60. The Labute approximate surface area is 162 Å². The van der Waals surface area contributed by atoms with Gasteiger partial charge in [0.15, 0.2) is 5.96 Å². The minimum absolute atomic E-state index is 0.124. The number of benzene rings is 1. The van der Waals surface area contributed by atoms with Crippen LogP contribution >= 0.6 is 0 Å². The number of hydrogen-bond acceptors (Lipinski definition) is 3. The molecule has 146 valence electrons. The summed E-state index contributed by atoms with van der Waals surface area (Å²) in [6.45, 7) is 1.62. The third kappa shape index (κ3) is 8.14. The first kappa shape index (κ1) is 20.8. The van der Waals surface area contributed by atoms with Gasteiger partial charge in [-0.2, -0.15) is 0 Å². The van der Waals surface area contributed by atoms with Crippen LogP contribution in [0.3, 0.4) is 0 Å². The first-order valence-electron chi connectivity index (χ1n) is 9.64. The largest absolute Gasteiger partial charge is 0.378 e. The van der Waals surface area contributed by atoms with Crippen molar-refractivity contribution in [3.63, 3.8) is 0 Å². The molecule has 1 aromatic rings. The molecule has 3 N–H and O–H groups in total. The van der Waals surface area contributed by atoms with Gasteiger partial charge >= 0.3 is 0 Å². The molecule has 1 aromatic carbocycles. The Morgan fingerprint density at radius 2 is 2.11 bits per heavy atom. The van der Waals surface area contributed by atoms with Gasteiger partial charge in [0.1, 0.15) is 0 Å². The Morgan fingerprint density at radius 1 is 1.30 bits per heavy atom. The number of hydrogen-bond donors (Lipinski definition) is 3. The number of nitrogens with zero attached hydrogens (tertiary/aromatic N) is 1. The lowest BCUT2D eigenvalue weighted by Crippen LogP contribution is -2.41. The minimum Gasteiger partial charge on any atom is -0.378 e. The first-order chi connectivity index (χ1) is 13.2. The zero-order chi connectivity index (χ0) is 19.3. The molecule has 0 radical (unpaired) electrons. The number of carbonyl (C=O) groups excluding carboxylic acids is 1. The van der Waals surface area contributed by atoms with E-state index in [-0.39, 0.29) is 12.5 Å². The summed E-state index contributed by atoms with van der Waals surface area (Å²) in [6, 6.07) is 7.20. The quantitative estimate of drug-likeness (QED) is 0.284. The molecule has 6 nitrogen and oxygen atoms in total. The normalized spacial score (nSPS) is 15.0. The van der Waals surface area contributed by atoms with Crippen LogP contribution in [0.1, 0.15) is 44.1 Å². The Morgan fingerprint density at radius 3 is 2.85 bits per heavy atom. The number of aliphatic imine (C=N–C) groups is 1. The second kappa shape index (κ2) is 12.0. The van der Waals surface area contributed by atoms with Crippen LogP contribution in [0, 0.1) is 12.3 Å². The van der Waals surface area contributed by atoms with Crippen molar-refractivity contribution in [2.75, 3.05) is 32.1 Å². The molecular weight excluding hydrogens is 340 g/mol. The Bertz CT molecular complexity index is 660. The highest BCUT2D eigenvalue weighted by molar-refractivity contribution is 5.95. The third-order valence-corrected chi connectivity index (χ3v) is 4.47. The van der Waals surface area contributed by atoms with E-state index in [0.29, 0.717) is 17.8 Å². The first-order valence-corrected chi connectivity index (χ1v) is 9.64. The second-order valence-corrected chi connectivity index (χ2v) is 6.61. The van der Waals surface area contributed by atoms with Gasteiger partial charge in [-0.25, -0.2) is 0 Å². The molecule has 1 amide bonds. The lowest BCUT2D eigenvalue weighted by molar-refractivity contribution is -0.115. The number of ether oxygens (including phenoxy) is 1. The van der Waals surface area contributed by atoms with Crippen molar-refractivity contribution in [3.8, 4) is 12.3 Å². The standard InChI is InChI=1S/C21H30N4O2/c1-3-17-9-7-10-18(15-17)25-20(26)16-24-21(22-2)23-13-8-14-27-19-11-5-4-6-12-19/h1,7,9-10,15,19H,4-6,8,11-14,16H2,2H3,(H,25,26)(H2,22,23,24). The molecule has 1 saturated carbocycles. The number of guanidine groups is 1. The van der Waals surface area contributed by atoms with E-state index in [9.17, 15) is 4.79 Å². The maximum atomic E-state index is 12.1. The van der Waals surface area contributed by atoms with Gasteiger partial charge in [0.2, 0.25) is 5.91 Å². The zero-order valence-electron chi connectivity index (χ0n) is 16.1. The van der Waals surface area contributed by atoms with Crippen molar-refractivity contribution in [3.05, 3.63) is 29.8 Å². The predicted octanol–water partition coefficient (Wildman–Crippen LogP) is 2.51. The highest BCUT2D eigenvalue weighted by Gasteiger charge is 2.13. The van der Waals surface area contributed by atoms with E-state index in [0.717, 1.165) is 25.1 Å². The highest BCUT2D eigenvalue weighted by atomic mass is 16.5. The van der Waals surface area contributed by atoms with Gasteiger partial charge in [-0.3, -0.25) is 9.79 Å². The average Bonchev–Trinajstić information content (AvgIpc) is 2.71. The van der Waals surface area contributed by atoms with Gasteiger partial charge in [-0.05, 0) is 37.5 Å². The lowest BCUT2D eigenvalue weighted by atomic mass is 9.98. The minimum atomic E-state index is -0.159. The fourth-order valence-electron chi connectivity index (χ4n) is 3.04. The number of terminal acetylenes is 1. The van der Waals surface area contributed by atoms with Gasteiger partial charge < -0.3 is 20.7 Å². The predicted molar refractivity (Wildman–Crippen MR) is 110 cm³/mol. The molecular formula is C21H30N4O2. The third-order valence-electron chi connectivity index (χ3n) is 4.47. The SMILES string of the molecule is C#Cc1cccc(NC(=O)CNC(=NC)NCCCOC2CCCCC2)c1. The molecule has 27 heavy (non-hydrogen) atoms. The number of nitrogens with one attached hydrogen (secondary N) is 3. The van der Waals surface area contributed by atoms with Crippen LogP contribution in [-0.4, -0.2) is 44.7 Å². The summed E-state index contributed by atoms with van der Waals surface area (Å²) in [5.41, 5.74) is 1.41. The number of rotatable bonds is 8. The molecule has 0 unspecified atom stereocenters. The van der Waals surface area contributed by atoms with Crippen LogP contribution in [0.5, 0.6) is 0 Å². The molecule has 2 rings (SSSR count). The maximum absolute atomic E-state index is 12.1. The molecule has 0 aliphatic heterocycles. The van der Waals surface area contributed by atoms with Crippen LogP contribution in [0.4, 0.5) is 5.69 Å². The van der Waals surface area contributed by atoms with Crippen molar-refractivity contribution in [2.24, 2.45) is 4.99 Å². The van der Waals surface area contributed by atoms with Gasteiger partial charge in [0.25, 0.3) is 0 Å². The monoisotopic (exact) mass is 370 g/mol. The van der Waals surface area contributed by atoms with Gasteiger partial charge in [0.05, 0.1) is 12.6 Å². The van der Waals surface area contributed by atoms with E-state index in [4.69, 9.17) is 11.2 Å². The molecule has 0 saturated heterocycles. The second-order valence-electron chi connectivity index (χ2n) is 6.61. The lowest BCUT2D eigenvalue weighted by Gasteiger charge is -2.22. The fraction of sp³-hybridized carbons (Fsp3) is 0.524. The summed E-state index contributed by atoms with van der Waals surface area (Å²) in [4.78, 5) is 16.2. The Kier molecular flexibility index (Phi) is 9.22. The van der Waals surface area contributed by atoms with Crippen LogP contribution in [0.2, 0.25) is 0 Å². The summed E-state index contributed by atoms with van der Waals surface area (Å²) >= 11 is 0. The summed E-state index contributed by atoms with van der Waals surface area (Å²) in [5.74, 6) is 2.99. The molecule has 0 bridgehead atoms. The summed E-state index contributed by atoms with van der Waals surface area (Å²) in [6.07, 6.45) is 13.0. The molecule has 6 heteroatoms. The fourth-order valence-corrected chi connectivity index (χ4v) is 3.04. The van der Waals surface area contributed by atoms with E-state index in [1.165, 1.54) is 32.1 Å². The molecule has 0 spiro atoms.